The van der Waals surface area contributed by atoms with Crippen LogP contribution in [0.2, 0.25) is 0 Å². The molecule has 1 N–H and O–H groups in total. The molecule has 0 spiro atoms. The van der Waals surface area contributed by atoms with Crippen molar-refractivity contribution < 1.29 is 17.9 Å². The van der Waals surface area contributed by atoms with Crippen LogP contribution in [0.25, 0.3) is 0 Å². The van der Waals surface area contributed by atoms with E-state index in [1.807, 2.05) is 0 Å². The third kappa shape index (κ3) is 5.05. The van der Waals surface area contributed by atoms with Gasteiger partial charge >= 0.3 is 0 Å². The van der Waals surface area contributed by atoms with E-state index in [0.717, 1.165) is 6.54 Å². The molecule has 0 radical (unpaired) electrons. The molecule has 0 amide bonds. The molecular weight excluding hydrogens is 230 g/mol. The highest BCUT2D eigenvalue weighted by Crippen LogP contribution is 2.05. The normalized spacial score (nSPS) is 21.9. The van der Waals surface area contributed by atoms with Gasteiger partial charge in [-0.2, -0.15) is 0 Å². The molecule has 16 heavy (non-hydrogen) atoms. The lowest BCUT2D eigenvalue weighted by atomic mass is 10.1. The molecule has 1 fully saturated rings. The summed E-state index contributed by atoms with van der Waals surface area (Å²) in [4.78, 5) is 11.5. The van der Waals surface area contributed by atoms with Gasteiger partial charge in [0.15, 0.2) is 0 Å². The molecule has 0 saturated carbocycles. The number of carbonyl (C=O) groups excluding carboxylic acids is 1. The van der Waals surface area contributed by atoms with Crippen LogP contribution in [0.3, 0.4) is 0 Å². The Morgan fingerprint density at radius 3 is 2.81 bits per heavy atom. The fourth-order valence-electron chi connectivity index (χ4n) is 1.52. The molecule has 0 bridgehead atoms. The Morgan fingerprint density at radius 1 is 1.50 bits per heavy atom. The second kappa shape index (κ2) is 6.32. The first-order valence-electron chi connectivity index (χ1n) is 5.58. The van der Waals surface area contributed by atoms with Crippen molar-refractivity contribution in [1.82, 2.24) is 5.32 Å². The van der Waals surface area contributed by atoms with Crippen molar-refractivity contribution >= 4 is 15.6 Å². The fraction of sp³-hybridized carbons (Fsp3) is 0.900. The minimum Gasteiger partial charge on any atom is -0.375 e. The number of hydrogen-bond acceptors (Lipinski definition) is 5. The van der Waals surface area contributed by atoms with Gasteiger partial charge in [0, 0.05) is 31.7 Å². The Bertz CT molecular complexity index is 320. The van der Waals surface area contributed by atoms with E-state index in [1.165, 1.54) is 0 Å². The summed E-state index contributed by atoms with van der Waals surface area (Å²) >= 11 is 0. The van der Waals surface area contributed by atoms with Crippen molar-refractivity contribution in [1.29, 1.82) is 0 Å². The van der Waals surface area contributed by atoms with Gasteiger partial charge in [-0.1, -0.05) is 6.92 Å². The number of ketones is 1. The summed E-state index contributed by atoms with van der Waals surface area (Å²) in [6, 6.07) is 0. The van der Waals surface area contributed by atoms with Gasteiger partial charge in [0.25, 0.3) is 0 Å². The third-order valence-electron chi connectivity index (χ3n) is 2.59. The van der Waals surface area contributed by atoms with Gasteiger partial charge in [-0.25, -0.2) is 8.42 Å². The largest absolute Gasteiger partial charge is 0.375 e. The lowest BCUT2D eigenvalue weighted by molar-refractivity contribution is -0.122. The maximum Gasteiger partial charge on any atom is 0.150 e. The van der Waals surface area contributed by atoms with Gasteiger partial charge < -0.3 is 10.1 Å². The highest BCUT2D eigenvalue weighted by molar-refractivity contribution is 7.91. The number of sulfone groups is 1. The third-order valence-corrected chi connectivity index (χ3v) is 4.30. The average Bonchev–Trinajstić information content (AvgIpc) is 2.28. The predicted molar refractivity (Wildman–Crippen MR) is 61.2 cm³/mol. The molecule has 0 aliphatic carbocycles. The van der Waals surface area contributed by atoms with Crippen molar-refractivity contribution in [3.05, 3.63) is 0 Å². The van der Waals surface area contributed by atoms with Crippen molar-refractivity contribution in [2.45, 2.75) is 25.9 Å². The van der Waals surface area contributed by atoms with E-state index in [9.17, 15) is 13.2 Å². The number of carbonyl (C=O) groups is 1. The van der Waals surface area contributed by atoms with Gasteiger partial charge in [0.2, 0.25) is 0 Å². The van der Waals surface area contributed by atoms with Crippen LogP contribution in [0.15, 0.2) is 0 Å². The van der Waals surface area contributed by atoms with E-state index < -0.39 is 9.84 Å². The molecule has 0 aromatic rings. The Labute approximate surface area is 96.5 Å². The zero-order valence-corrected chi connectivity index (χ0v) is 10.4. The summed E-state index contributed by atoms with van der Waals surface area (Å²) in [5.41, 5.74) is 0. The van der Waals surface area contributed by atoms with Gasteiger partial charge in [0.1, 0.15) is 15.6 Å². The molecule has 0 aromatic heterocycles. The van der Waals surface area contributed by atoms with Crippen molar-refractivity contribution in [3.63, 3.8) is 0 Å². The molecule has 1 atom stereocenters. The van der Waals surface area contributed by atoms with E-state index in [0.29, 0.717) is 19.6 Å². The molecule has 1 aliphatic rings. The van der Waals surface area contributed by atoms with Gasteiger partial charge in [-0.15, -0.1) is 0 Å². The fourth-order valence-corrected chi connectivity index (χ4v) is 2.35. The predicted octanol–water partition coefficient (Wildman–Crippen LogP) is -0.241. The quantitative estimate of drug-likeness (QED) is 0.703. The van der Waals surface area contributed by atoms with Crippen LogP contribution >= 0.6 is 0 Å². The molecule has 6 heteroatoms. The Morgan fingerprint density at radius 2 is 2.25 bits per heavy atom. The smallest absolute Gasteiger partial charge is 0.150 e. The number of nitrogens with one attached hydrogen (secondary N) is 1. The molecule has 1 heterocycles. The Kier molecular flexibility index (Phi) is 5.37. The minimum atomic E-state index is -3.03. The maximum absolute atomic E-state index is 11.5. The standard InChI is InChI=1S/C10H19NO4S/c1-2-16(13,14)6-3-9(12)7-10-8-11-4-5-15-10/h10-11H,2-8H2,1H3. The molecule has 0 aromatic carbocycles. The summed E-state index contributed by atoms with van der Waals surface area (Å²) in [6.45, 7) is 3.69. The van der Waals surface area contributed by atoms with Crippen LogP contribution < -0.4 is 5.32 Å². The van der Waals surface area contributed by atoms with Crippen LogP contribution in [0.4, 0.5) is 0 Å². The first-order chi connectivity index (χ1) is 7.53. The van der Waals surface area contributed by atoms with E-state index >= 15 is 0 Å². The van der Waals surface area contributed by atoms with E-state index in [1.54, 1.807) is 6.92 Å². The van der Waals surface area contributed by atoms with Gasteiger partial charge in [0.05, 0.1) is 18.5 Å². The van der Waals surface area contributed by atoms with Gasteiger partial charge in [-0.3, -0.25) is 4.79 Å². The Balaban J connectivity index is 2.25. The van der Waals surface area contributed by atoms with E-state index in [4.69, 9.17) is 4.74 Å². The monoisotopic (exact) mass is 249 g/mol. The summed E-state index contributed by atoms with van der Waals surface area (Å²) in [7, 11) is -3.03. The van der Waals surface area contributed by atoms with Gasteiger partial charge in [-0.05, 0) is 0 Å². The van der Waals surface area contributed by atoms with E-state index in [-0.39, 0.29) is 29.8 Å². The summed E-state index contributed by atoms with van der Waals surface area (Å²) in [5.74, 6) is 0.0234. The number of rotatable bonds is 6. The first kappa shape index (κ1) is 13.6. The summed E-state index contributed by atoms with van der Waals surface area (Å²) in [6.07, 6.45) is 0.327. The second-order valence-corrected chi connectivity index (χ2v) is 6.40. The maximum atomic E-state index is 11.5. The number of morpholine rings is 1. The summed E-state index contributed by atoms with van der Waals surface area (Å²) < 4.78 is 27.8. The molecule has 1 saturated heterocycles. The minimum absolute atomic E-state index is 0.0364. The number of ether oxygens (including phenoxy) is 1. The first-order valence-corrected chi connectivity index (χ1v) is 7.40. The van der Waals surface area contributed by atoms with Crippen LogP contribution in [0.5, 0.6) is 0 Å². The summed E-state index contributed by atoms with van der Waals surface area (Å²) in [5, 5.41) is 3.13. The van der Waals surface area contributed by atoms with Crippen molar-refractivity contribution in [2.24, 2.45) is 0 Å². The molecule has 1 rings (SSSR count). The lowest BCUT2D eigenvalue weighted by Crippen LogP contribution is -2.39. The zero-order chi connectivity index (χ0) is 12.0. The highest BCUT2D eigenvalue weighted by atomic mass is 32.2. The van der Waals surface area contributed by atoms with Crippen molar-refractivity contribution in [2.75, 3.05) is 31.2 Å². The number of hydrogen-bond donors (Lipinski definition) is 1. The van der Waals surface area contributed by atoms with Crippen LogP contribution in [0.1, 0.15) is 19.8 Å². The van der Waals surface area contributed by atoms with Crippen LogP contribution in [-0.2, 0) is 19.4 Å². The average molecular weight is 249 g/mol. The second-order valence-electron chi connectivity index (χ2n) is 3.93. The highest BCUT2D eigenvalue weighted by Gasteiger charge is 2.18. The molecule has 1 unspecified atom stereocenters. The number of Topliss-reactive ketones (excluding diaryl/α,β-unsaturated/α-hetero) is 1. The van der Waals surface area contributed by atoms with Crippen LogP contribution in [-0.4, -0.2) is 51.5 Å². The Hall–Kier alpha value is -0.460. The topological polar surface area (TPSA) is 72.5 Å². The molecule has 1 aliphatic heterocycles. The molecule has 5 nitrogen and oxygen atoms in total. The van der Waals surface area contributed by atoms with E-state index in [2.05, 4.69) is 5.32 Å². The SMILES string of the molecule is CCS(=O)(=O)CCC(=O)CC1CNCCO1. The lowest BCUT2D eigenvalue weighted by Gasteiger charge is -2.22. The van der Waals surface area contributed by atoms with Crippen molar-refractivity contribution in [3.8, 4) is 0 Å². The molecular formula is C10H19NO4S. The van der Waals surface area contributed by atoms with Crippen LogP contribution in [0, 0.1) is 0 Å². The molecule has 94 valence electrons. The zero-order valence-electron chi connectivity index (χ0n) is 9.57.